The standard InChI is InChI=1S/C37H26FN3O4/c1-44-35-21-24(11-20-34(35)45-37(43)28-16-18-29(38)19-17-28)23-39-41-36(42)31-22-33(40-32-10-6-5-9-30(31)32)27-14-12-26(13-15-27)25-7-3-2-4-8-25/h2-23H,1H3,(H,41,42)/b39-23-. The molecule has 0 unspecified atom stereocenters. The van der Waals surface area contributed by atoms with Gasteiger partial charge < -0.3 is 9.47 Å². The van der Waals surface area contributed by atoms with Crippen LogP contribution in [0.4, 0.5) is 4.39 Å². The Bertz CT molecular complexity index is 2030. The summed E-state index contributed by atoms with van der Waals surface area (Å²) in [6, 6.07) is 37.2. The normalized spacial score (nSPS) is 11.0. The average Bonchev–Trinajstić information content (AvgIpc) is 3.09. The first-order valence-electron chi connectivity index (χ1n) is 14.0. The maximum atomic E-state index is 13.4. The minimum atomic E-state index is -0.655. The summed E-state index contributed by atoms with van der Waals surface area (Å²) in [7, 11) is 1.44. The van der Waals surface area contributed by atoms with E-state index in [1.165, 1.54) is 37.6 Å². The maximum Gasteiger partial charge on any atom is 0.343 e. The Morgan fingerprint density at radius 3 is 2.20 bits per heavy atom. The zero-order valence-corrected chi connectivity index (χ0v) is 24.1. The molecular weight excluding hydrogens is 569 g/mol. The van der Waals surface area contributed by atoms with E-state index >= 15 is 0 Å². The first kappa shape index (κ1) is 28.9. The number of nitrogens with zero attached hydrogens (tertiary/aromatic N) is 2. The highest BCUT2D eigenvalue weighted by Crippen LogP contribution is 2.29. The molecule has 220 valence electrons. The lowest BCUT2D eigenvalue weighted by Gasteiger charge is -2.10. The number of hydrogen-bond donors (Lipinski definition) is 1. The molecule has 0 aliphatic carbocycles. The van der Waals surface area contributed by atoms with Crippen molar-refractivity contribution in [1.29, 1.82) is 0 Å². The van der Waals surface area contributed by atoms with E-state index in [0.29, 0.717) is 27.7 Å². The zero-order valence-electron chi connectivity index (χ0n) is 24.1. The fourth-order valence-corrected chi connectivity index (χ4v) is 4.79. The van der Waals surface area contributed by atoms with E-state index in [1.54, 1.807) is 24.3 Å². The van der Waals surface area contributed by atoms with Crippen molar-refractivity contribution in [2.45, 2.75) is 0 Å². The second-order valence-electron chi connectivity index (χ2n) is 10.0. The molecule has 1 amide bonds. The Kier molecular flexibility index (Phi) is 8.37. The Balaban J connectivity index is 1.20. The van der Waals surface area contributed by atoms with E-state index in [9.17, 15) is 14.0 Å². The van der Waals surface area contributed by atoms with Crippen LogP contribution in [0.15, 0.2) is 132 Å². The summed E-state index contributed by atoms with van der Waals surface area (Å²) in [5, 5.41) is 4.85. The van der Waals surface area contributed by atoms with Crippen LogP contribution in [0.3, 0.4) is 0 Å². The molecule has 6 aromatic rings. The molecule has 0 bridgehead atoms. The van der Waals surface area contributed by atoms with Crippen molar-refractivity contribution in [3.63, 3.8) is 0 Å². The predicted molar refractivity (Wildman–Crippen MR) is 172 cm³/mol. The van der Waals surface area contributed by atoms with Crippen molar-refractivity contribution in [2.24, 2.45) is 5.10 Å². The van der Waals surface area contributed by atoms with Crippen LogP contribution in [0.5, 0.6) is 11.5 Å². The summed E-state index contributed by atoms with van der Waals surface area (Å²) >= 11 is 0. The highest BCUT2D eigenvalue weighted by atomic mass is 19.1. The van der Waals surface area contributed by atoms with Gasteiger partial charge >= 0.3 is 5.97 Å². The minimum absolute atomic E-state index is 0.181. The molecule has 6 rings (SSSR count). The van der Waals surface area contributed by atoms with Gasteiger partial charge in [-0.25, -0.2) is 19.6 Å². The van der Waals surface area contributed by atoms with E-state index in [2.05, 4.69) is 22.7 Å². The molecule has 0 fully saturated rings. The van der Waals surface area contributed by atoms with Crippen molar-refractivity contribution in [3.8, 4) is 33.9 Å². The molecule has 7 nitrogen and oxygen atoms in total. The lowest BCUT2D eigenvalue weighted by Crippen LogP contribution is -2.18. The van der Waals surface area contributed by atoms with Gasteiger partial charge in [0.05, 0.1) is 35.7 Å². The number of fused-ring (bicyclic) bond motifs is 1. The second-order valence-corrected chi connectivity index (χ2v) is 10.0. The predicted octanol–water partition coefficient (Wildman–Crippen LogP) is 7.70. The number of rotatable bonds is 8. The van der Waals surface area contributed by atoms with Crippen LogP contribution in [0.1, 0.15) is 26.3 Å². The first-order valence-corrected chi connectivity index (χ1v) is 14.0. The maximum absolute atomic E-state index is 13.4. The van der Waals surface area contributed by atoms with Crippen LogP contribution in [0.25, 0.3) is 33.3 Å². The fraction of sp³-hybridized carbons (Fsp3) is 0.0270. The lowest BCUT2D eigenvalue weighted by atomic mass is 10.0. The molecule has 1 heterocycles. The van der Waals surface area contributed by atoms with Crippen LogP contribution >= 0.6 is 0 Å². The van der Waals surface area contributed by atoms with E-state index in [4.69, 9.17) is 14.5 Å². The van der Waals surface area contributed by atoms with Crippen LogP contribution in [0, 0.1) is 5.82 Å². The van der Waals surface area contributed by atoms with Crippen molar-refractivity contribution in [2.75, 3.05) is 7.11 Å². The molecule has 0 aliphatic heterocycles. The van der Waals surface area contributed by atoms with E-state index < -0.39 is 17.7 Å². The summed E-state index contributed by atoms with van der Waals surface area (Å²) in [6.45, 7) is 0. The van der Waals surface area contributed by atoms with Gasteiger partial charge in [-0.15, -0.1) is 0 Å². The molecular formula is C37H26FN3O4. The van der Waals surface area contributed by atoms with Crippen LogP contribution < -0.4 is 14.9 Å². The van der Waals surface area contributed by atoms with E-state index in [-0.39, 0.29) is 17.1 Å². The molecule has 1 N–H and O–H groups in total. The van der Waals surface area contributed by atoms with Gasteiger partial charge in [-0.3, -0.25) is 4.79 Å². The zero-order chi connectivity index (χ0) is 31.2. The number of hydrazone groups is 1. The molecule has 0 aliphatic rings. The lowest BCUT2D eigenvalue weighted by molar-refractivity contribution is 0.0729. The molecule has 5 aromatic carbocycles. The van der Waals surface area contributed by atoms with Gasteiger partial charge in [0.15, 0.2) is 11.5 Å². The van der Waals surface area contributed by atoms with Gasteiger partial charge in [0.1, 0.15) is 5.82 Å². The van der Waals surface area contributed by atoms with Gasteiger partial charge in [0.25, 0.3) is 5.91 Å². The minimum Gasteiger partial charge on any atom is -0.493 e. The number of halogens is 1. The van der Waals surface area contributed by atoms with Gasteiger partial charge in [0.2, 0.25) is 0 Å². The highest BCUT2D eigenvalue weighted by Gasteiger charge is 2.15. The third-order valence-electron chi connectivity index (χ3n) is 7.10. The fourth-order valence-electron chi connectivity index (χ4n) is 4.79. The number of carbonyl (C=O) groups excluding carboxylic acids is 2. The summed E-state index contributed by atoms with van der Waals surface area (Å²) < 4.78 is 24.0. The smallest absolute Gasteiger partial charge is 0.343 e. The second kappa shape index (κ2) is 13.0. The quantitative estimate of drug-likeness (QED) is 0.0843. The van der Waals surface area contributed by atoms with Crippen molar-refractivity contribution < 1.29 is 23.5 Å². The first-order chi connectivity index (χ1) is 22.0. The van der Waals surface area contributed by atoms with Gasteiger partial charge in [-0.2, -0.15) is 5.10 Å². The summed E-state index contributed by atoms with van der Waals surface area (Å²) in [4.78, 5) is 30.6. The summed E-state index contributed by atoms with van der Waals surface area (Å²) in [5.74, 6) is -1.04. The molecule has 0 spiro atoms. The van der Waals surface area contributed by atoms with E-state index in [1.807, 2.05) is 66.7 Å². The highest BCUT2D eigenvalue weighted by molar-refractivity contribution is 6.07. The molecule has 1 aromatic heterocycles. The van der Waals surface area contributed by atoms with E-state index in [0.717, 1.165) is 16.7 Å². The van der Waals surface area contributed by atoms with Crippen molar-refractivity contribution >= 4 is 29.0 Å². The van der Waals surface area contributed by atoms with Crippen molar-refractivity contribution in [3.05, 3.63) is 150 Å². The number of ether oxygens (including phenoxy) is 2. The number of benzene rings is 5. The number of hydrogen-bond acceptors (Lipinski definition) is 6. The number of para-hydroxylation sites is 1. The molecule has 0 saturated carbocycles. The summed E-state index contributed by atoms with van der Waals surface area (Å²) in [5.41, 5.74) is 8.26. The number of aromatic nitrogens is 1. The Morgan fingerprint density at radius 2 is 1.44 bits per heavy atom. The van der Waals surface area contributed by atoms with Crippen LogP contribution in [-0.2, 0) is 0 Å². The topological polar surface area (TPSA) is 89.9 Å². The molecule has 45 heavy (non-hydrogen) atoms. The number of esters is 1. The van der Waals surface area contributed by atoms with Gasteiger partial charge in [0, 0.05) is 10.9 Å². The average molecular weight is 596 g/mol. The monoisotopic (exact) mass is 595 g/mol. The largest absolute Gasteiger partial charge is 0.493 e. The SMILES string of the molecule is COc1cc(/C=N\NC(=O)c2cc(-c3ccc(-c4ccccc4)cc3)nc3ccccc23)ccc1OC(=O)c1ccc(F)cc1. The van der Waals surface area contributed by atoms with Gasteiger partial charge in [-0.05, 0) is 71.3 Å². The number of amides is 1. The summed E-state index contributed by atoms with van der Waals surface area (Å²) in [6.07, 6.45) is 1.46. The number of pyridine rings is 1. The van der Waals surface area contributed by atoms with Gasteiger partial charge in [-0.1, -0.05) is 72.8 Å². The number of methoxy groups -OCH3 is 1. The molecule has 0 radical (unpaired) electrons. The third kappa shape index (κ3) is 6.60. The third-order valence-corrected chi connectivity index (χ3v) is 7.10. The van der Waals surface area contributed by atoms with Crippen molar-refractivity contribution in [1.82, 2.24) is 10.4 Å². The molecule has 0 saturated heterocycles. The molecule has 8 heteroatoms. The Hall–Kier alpha value is -6.15. The number of carbonyl (C=O) groups is 2. The van der Waals surface area contributed by atoms with Crippen LogP contribution in [0.2, 0.25) is 0 Å². The molecule has 0 atom stereocenters. The Labute approximate surface area is 258 Å². The van der Waals surface area contributed by atoms with Crippen LogP contribution in [-0.4, -0.2) is 30.2 Å². The number of nitrogens with one attached hydrogen (secondary N) is 1. The Morgan fingerprint density at radius 1 is 0.756 bits per heavy atom.